The van der Waals surface area contributed by atoms with Crippen LogP contribution >= 0.6 is 23.5 Å². The quantitative estimate of drug-likeness (QED) is 0.620. The van der Waals surface area contributed by atoms with Gasteiger partial charge in [0, 0.05) is 36.0 Å². The van der Waals surface area contributed by atoms with E-state index in [0.29, 0.717) is 6.54 Å². The van der Waals surface area contributed by atoms with Gasteiger partial charge in [-0.1, -0.05) is 36.9 Å². The summed E-state index contributed by atoms with van der Waals surface area (Å²) in [5, 5.41) is 17.1. The number of thioether (sulfide) groups is 2. The van der Waals surface area contributed by atoms with Gasteiger partial charge in [-0.3, -0.25) is 14.1 Å². The van der Waals surface area contributed by atoms with Gasteiger partial charge in [-0.05, 0) is 18.6 Å². The minimum atomic E-state index is -0.136. The van der Waals surface area contributed by atoms with Gasteiger partial charge in [0.15, 0.2) is 16.1 Å². The zero-order chi connectivity index (χ0) is 17.9. The summed E-state index contributed by atoms with van der Waals surface area (Å²) < 4.78 is 3.90. The standard InChI is InChI=1S/C16H19N7OS2/c1-2-3-7-22-14(24)19-20-15(22)25-9-12-10-26-16-21-18-13(23(12)16)11-5-4-6-17-8-11/h4-6,8,12H,2-3,7,9-10H2,1H3,(H,19,24)/t12-/m0/s1. The van der Waals surface area contributed by atoms with Gasteiger partial charge in [0.05, 0.1) is 6.04 Å². The molecule has 26 heavy (non-hydrogen) atoms. The molecule has 0 aromatic carbocycles. The molecule has 0 bridgehead atoms. The average molecular weight is 390 g/mol. The molecule has 0 radical (unpaired) electrons. The van der Waals surface area contributed by atoms with Gasteiger partial charge in [0.1, 0.15) is 0 Å². The highest BCUT2D eigenvalue weighted by molar-refractivity contribution is 8.00. The SMILES string of the molecule is CCCCn1c(SC[C@H]2CSc3nnc(-c4cccnc4)n32)n[nH]c1=O. The highest BCUT2D eigenvalue weighted by atomic mass is 32.2. The lowest BCUT2D eigenvalue weighted by molar-refractivity contribution is 0.568. The minimum absolute atomic E-state index is 0.136. The van der Waals surface area contributed by atoms with E-state index in [0.717, 1.165) is 46.0 Å². The first kappa shape index (κ1) is 17.3. The van der Waals surface area contributed by atoms with Crippen LogP contribution in [0.5, 0.6) is 0 Å². The van der Waals surface area contributed by atoms with Crippen molar-refractivity contribution in [3.05, 3.63) is 35.0 Å². The number of nitrogens with zero attached hydrogens (tertiary/aromatic N) is 6. The Kier molecular flexibility index (Phi) is 5.11. The van der Waals surface area contributed by atoms with E-state index in [1.165, 1.54) is 0 Å². The van der Waals surface area contributed by atoms with Gasteiger partial charge in [-0.15, -0.1) is 15.3 Å². The van der Waals surface area contributed by atoms with E-state index in [-0.39, 0.29) is 11.7 Å². The molecular formula is C16H19N7OS2. The molecule has 0 saturated heterocycles. The van der Waals surface area contributed by atoms with Crippen LogP contribution in [0.1, 0.15) is 25.8 Å². The molecule has 0 unspecified atom stereocenters. The summed E-state index contributed by atoms with van der Waals surface area (Å²) in [4.78, 5) is 16.1. The Morgan fingerprint density at radius 1 is 1.42 bits per heavy atom. The van der Waals surface area contributed by atoms with Crippen molar-refractivity contribution in [2.24, 2.45) is 0 Å². The minimum Gasteiger partial charge on any atom is -0.297 e. The number of pyridine rings is 1. The van der Waals surface area contributed by atoms with Crippen LogP contribution in [0, 0.1) is 0 Å². The van der Waals surface area contributed by atoms with Crippen LogP contribution in [0.3, 0.4) is 0 Å². The molecule has 4 rings (SSSR count). The highest BCUT2D eigenvalue weighted by Gasteiger charge is 2.29. The molecule has 8 nitrogen and oxygen atoms in total. The van der Waals surface area contributed by atoms with Crippen LogP contribution in [0.25, 0.3) is 11.4 Å². The fourth-order valence-electron chi connectivity index (χ4n) is 2.86. The Bertz CT molecular complexity index is 934. The topological polar surface area (TPSA) is 94.3 Å². The fraction of sp³-hybridized carbons (Fsp3) is 0.438. The van der Waals surface area contributed by atoms with E-state index in [1.54, 1.807) is 40.5 Å². The molecule has 0 saturated carbocycles. The average Bonchev–Trinajstić information content (AvgIpc) is 3.35. The van der Waals surface area contributed by atoms with Crippen LogP contribution in [0.2, 0.25) is 0 Å². The van der Waals surface area contributed by atoms with E-state index >= 15 is 0 Å². The first-order chi connectivity index (χ1) is 12.8. The third-order valence-corrected chi connectivity index (χ3v) is 6.43. The second-order valence-corrected chi connectivity index (χ2v) is 7.98. The number of H-pyrrole nitrogens is 1. The zero-order valence-electron chi connectivity index (χ0n) is 14.3. The van der Waals surface area contributed by atoms with E-state index in [9.17, 15) is 4.79 Å². The Morgan fingerprint density at radius 2 is 2.35 bits per heavy atom. The molecule has 1 aliphatic rings. The number of hydrogen-bond acceptors (Lipinski definition) is 7. The van der Waals surface area contributed by atoms with Crippen molar-refractivity contribution in [3.63, 3.8) is 0 Å². The molecule has 1 atom stereocenters. The fourth-order valence-corrected chi connectivity index (χ4v) is 5.14. The maximum Gasteiger partial charge on any atom is 0.343 e. The van der Waals surface area contributed by atoms with Gasteiger partial charge in [0.2, 0.25) is 0 Å². The number of unbranched alkanes of at least 4 members (excludes halogenated alkanes) is 1. The molecule has 0 fully saturated rings. The van der Waals surface area contributed by atoms with Crippen LogP contribution in [-0.4, -0.2) is 46.0 Å². The Morgan fingerprint density at radius 3 is 3.15 bits per heavy atom. The molecule has 3 aromatic rings. The first-order valence-electron chi connectivity index (χ1n) is 8.54. The van der Waals surface area contributed by atoms with E-state index in [4.69, 9.17) is 0 Å². The van der Waals surface area contributed by atoms with Gasteiger partial charge in [-0.2, -0.15) is 0 Å². The maximum atomic E-state index is 11.9. The third-order valence-electron chi connectivity index (χ3n) is 4.22. The third kappa shape index (κ3) is 3.30. The second kappa shape index (κ2) is 7.67. The van der Waals surface area contributed by atoms with Crippen molar-refractivity contribution in [2.45, 2.75) is 42.7 Å². The lowest BCUT2D eigenvalue weighted by Gasteiger charge is -2.14. The van der Waals surface area contributed by atoms with Crippen molar-refractivity contribution in [1.82, 2.24) is 34.5 Å². The van der Waals surface area contributed by atoms with Crippen LogP contribution in [0.15, 0.2) is 39.6 Å². The lowest BCUT2D eigenvalue weighted by Crippen LogP contribution is -2.18. The number of aromatic amines is 1. The monoisotopic (exact) mass is 389 g/mol. The van der Waals surface area contributed by atoms with E-state index < -0.39 is 0 Å². The van der Waals surface area contributed by atoms with Crippen LogP contribution in [0.4, 0.5) is 0 Å². The van der Waals surface area contributed by atoms with E-state index in [1.807, 2.05) is 12.1 Å². The summed E-state index contributed by atoms with van der Waals surface area (Å²) in [5.41, 5.74) is 0.825. The Balaban J connectivity index is 1.53. The van der Waals surface area contributed by atoms with Gasteiger partial charge < -0.3 is 0 Å². The van der Waals surface area contributed by atoms with E-state index in [2.05, 4.69) is 36.9 Å². The molecule has 0 amide bonds. The molecule has 136 valence electrons. The summed E-state index contributed by atoms with van der Waals surface area (Å²) in [6, 6.07) is 4.14. The summed E-state index contributed by atoms with van der Waals surface area (Å²) in [5.74, 6) is 2.59. The van der Waals surface area contributed by atoms with Gasteiger partial charge in [0.25, 0.3) is 0 Å². The predicted octanol–water partition coefficient (Wildman–Crippen LogP) is 2.46. The maximum absolute atomic E-state index is 11.9. The molecule has 10 heteroatoms. The molecule has 1 N–H and O–H groups in total. The molecule has 0 spiro atoms. The van der Waals surface area contributed by atoms with Crippen molar-refractivity contribution >= 4 is 23.5 Å². The number of rotatable bonds is 7. The highest BCUT2D eigenvalue weighted by Crippen LogP contribution is 2.38. The number of aromatic nitrogens is 7. The van der Waals surface area contributed by atoms with Crippen molar-refractivity contribution in [2.75, 3.05) is 11.5 Å². The Hall–Kier alpha value is -2.07. The number of fused-ring (bicyclic) bond motifs is 1. The van der Waals surface area contributed by atoms with Gasteiger partial charge >= 0.3 is 5.69 Å². The first-order valence-corrected chi connectivity index (χ1v) is 10.5. The lowest BCUT2D eigenvalue weighted by atomic mass is 10.2. The molecular weight excluding hydrogens is 370 g/mol. The molecule has 1 aliphatic heterocycles. The van der Waals surface area contributed by atoms with Crippen molar-refractivity contribution in [1.29, 1.82) is 0 Å². The predicted molar refractivity (Wildman–Crippen MR) is 101 cm³/mol. The smallest absolute Gasteiger partial charge is 0.297 e. The summed E-state index contributed by atoms with van der Waals surface area (Å²) in [6.45, 7) is 2.81. The number of nitrogens with one attached hydrogen (secondary N) is 1. The zero-order valence-corrected chi connectivity index (χ0v) is 16.0. The van der Waals surface area contributed by atoms with Crippen molar-refractivity contribution in [3.8, 4) is 11.4 Å². The van der Waals surface area contributed by atoms with Crippen LogP contribution < -0.4 is 5.69 Å². The Labute approximate surface area is 158 Å². The molecule has 4 heterocycles. The number of hydrogen-bond donors (Lipinski definition) is 1. The summed E-state index contributed by atoms with van der Waals surface area (Å²) >= 11 is 3.31. The molecule has 0 aliphatic carbocycles. The largest absolute Gasteiger partial charge is 0.343 e. The summed E-state index contributed by atoms with van der Waals surface area (Å²) in [6.07, 6.45) is 5.56. The van der Waals surface area contributed by atoms with Crippen LogP contribution in [-0.2, 0) is 6.54 Å². The summed E-state index contributed by atoms with van der Waals surface area (Å²) in [7, 11) is 0. The normalized spacial score (nSPS) is 16.1. The van der Waals surface area contributed by atoms with Gasteiger partial charge in [-0.25, -0.2) is 9.89 Å². The molecule has 3 aromatic heterocycles. The second-order valence-electron chi connectivity index (χ2n) is 6.01. The van der Waals surface area contributed by atoms with Crippen molar-refractivity contribution < 1.29 is 0 Å².